The Hall–Kier alpha value is -2.41. The number of nitrogens with two attached hydrogens (primary N) is 1. The van der Waals surface area contributed by atoms with E-state index in [4.69, 9.17) is 0 Å². The average Bonchev–Trinajstić information content (AvgIpc) is 2.56. The predicted octanol–water partition coefficient (Wildman–Crippen LogP) is -0.583. The van der Waals surface area contributed by atoms with Crippen molar-refractivity contribution in [3.05, 3.63) is 29.8 Å². The van der Waals surface area contributed by atoms with Gasteiger partial charge in [0, 0.05) is 31.4 Å². The van der Waals surface area contributed by atoms with Gasteiger partial charge in [-0.1, -0.05) is 0 Å². The second-order valence-corrected chi connectivity index (χ2v) is 4.97. The summed E-state index contributed by atoms with van der Waals surface area (Å²) in [7, 11) is 1.55. The zero-order valence-corrected chi connectivity index (χ0v) is 13.9. The van der Waals surface area contributed by atoms with Gasteiger partial charge in [-0.25, -0.2) is 0 Å². The number of nitrogens with one attached hydrogen (secondary N) is 2. The van der Waals surface area contributed by atoms with Crippen LogP contribution < -0.4 is 16.0 Å². The lowest BCUT2D eigenvalue weighted by molar-refractivity contribution is -0.632. The van der Waals surface area contributed by atoms with E-state index in [2.05, 4.69) is 10.6 Å². The number of carbonyl (C=O) groups excluding carboxylic acids is 3. The normalized spacial score (nSPS) is 10.0. The van der Waals surface area contributed by atoms with Gasteiger partial charge >= 0.3 is 0 Å². The second-order valence-electron chi connectivity index (χ2n) is 4.97. The smallest absolute Gasteiger partial charge is 0.279 e. The van der Waals surface area contributed by atoms with Gasteiger partial charge in [0.15, 0.2) is 13.1 Å². The highest BCUT2D eigenvalue weighted by Crippen LogP contribution is 2.11. The van der Waals surface area contributed by atoms with Crippen molar-refractivity contribution in [1.29, 1.82) is 0 Å². The molecule has 1 aromatic rings. The van der Waals surface area contributed by atoms with Gasteiger partial charge in [0.05, 0.1) is 0 Å². The third-order valence-electron chi connectivity index (χ3n) is 3.40. The van der Waals surface area contributed by atoms with Crippen LogP contribution in [-0.2, 0) is 9.59 Å². The quantitative estimate of drug-likeness (QED) is 0.598. The lowest BCUT2D eigenvalue weighted by Gasteiger charge is -2.18. The van der Waals surface area contributed by atoms with E-state index in [9.17, 15) is 14.4 Å². The first-order valence-corrected chi connectivity index (χ1v) is 7.73. The summed E-state index contributed by atoms with van der Waals surface area (Å²) in [5.41, 5.74) is 1.22. The predicted molar refractivity (Wildman–Crippen MR) is 88.0 cm³/mol. The van der Waals surface area contributed by atoms with Gasteiger partial charge in [0.1, 0.15) is 0 Å². The fourth-order valence-corrected chi connectivity index (χ4v) is 2.04. The van der Waals surface area contributed by atoms with E-state index in [1.165, 1.54) is 0 Å². The van der Waals surface area contributed by atoms with Gasteiger partial charge in [0.25, 0.3) is 17.7 Å². The highest BCUT2D eigenvalue weighted by Gasteiger charge is 2.12. The molecule has 1 aromatic carbocycles. The molecule has 0 aliphatic heterocycles. The van der Waals surface area contributed by atoms with Crippen LogP contribution in [0.1, 0.15) is 24.2 Å². The minimum atomic E-state index is -0.197. The lowest BCUT2D eigenvalue weighted by atomic mass is 10.1. The number of hydrogen-bond donors (Lipinski definition) is 3. The maximum absolute atomic E-state index is 12.2. The topological polar surface area (TPSA) is 95.1 Å². The summed E-state index contributed by atoms with van der Waals surface area (Å²) in [5.74, 6) is -0.347. The van der Waals surface area contributed by atoms with Gasteiger partial charge in [-0.2, -0.15) is 0 Å². The van der Waals surface area contributed by atoms with Crippen molar-refractivity contribution in [2.45, 2.75) is 13.8 Å². The van der Waals surface area contributed by atoms with Crippen LogP contribution in [-0.4, -0.2) is 55.8 Å². The standard InChI is InChI=1S/C16H24N4O3/c1-4-20(5-2)16(23)12-6-8-13(9-7-12)19-15(22)11-18-10-14(21)17-3/h6-9,18H,4-5,10-11H2,1-3H3,(H,17,21)(H,19,22)/p+1. The molecule has 0 aromatic heterocycles. The van der Waals surface area contributed by atoms with E-state index in [0.29, 0.717) is 24.3 Å². The van der Waals surface area contributed by atoms with Crippen molar-refractivity contribution >= 4 is 23.4 Å². The molecule has 4 N–H and O–H groups in total. The number of anilines is 1. The molecule has 3 amide bonds. The van der Waals surface area contributed by atoms with Gasteiger partial charge < -0.3 is 20.9 Å². The van der Waals surface area contributed by atoms with Gasteiger partial charge in [0.2, 0.25) is 0 Å². The number of nitrogens with zero attached hydrogens (tertiary/aromatic N) is 1. The number of quaternary nitrogens is 1. The molecule has 1 rings (SSSR count). The Balaban J connectivity index is 2.52. The van der Waals surface area contributed by atoms with Crippen LogP contribution in [0.5, 0.6) is 0 Å². The number of hydrogen-bond acceptors (Lipinski definition) is 3. The zero-order chi connectivity index (χ0) is 17.2. The van der Waals surface area contributed by atoms with Crippen LogP contribution in [0, 0.1) is 0 Å². The molecule has 23 heavy (non-hydrogen) atoms. The van der Waals surface area contributed by atoms with Crippen LogP contribution in [0.3, 0.4) is 0 Å². The van der Waals surface area contributed by atoms with E-state index < -0.39 is 0 Å². The second kappa shape index (κ2) is 9.58. The molecule has 0 aliphatic carbocycles. The van der Waals surface area contributed by atoms with E-state index in [1.807, 2.05) is 13.8 Å². The maximum Gasteiger partial charge on any atom is 0.279 e. The molecule has 0 saturated carbocycles. The Morgan fingerprint density at radius 1 is 1.00 bits per heavy atom. The van der Waals surface area contributed by atoms with Crippen LogP contribution in [0.2, 0.25) is 0 Å². The largest absolute Gasteiger partial charge is 0.354 e. The van der Waals surface area contributed by atoms with Crippen molar-refractivity contribution in [2.75, 3.05) is 38.5 Å². The first kappa shape index (κ1) is 18.6. The van der Waals surface area contributed by atoms with Crippen molar-refractivity contribution < 1.29 is 19.7 Å². The SMILES string of the molecule is CCN(CC)C(=O)c1ccc(NC(=O)C[NH2+]CC(=O)NC)cc1. The summed E-state index contributed by atoms with van der Waals surface area (Å²) in [6.45, 7) is 5.56. The number of rotatable bonds is 8. The number of amides is 3. The van der Waals surface area contributed by atoms with Crippen LogP contribution in [0.4, 0.5) is 5.69 Å². The minimum Gasteiger partial charge on any atom is -0.354 e. The third-order valence-corrected chi connectivity index (χ3v) is 3.40. The Morgan fingerprint density at radius 2 is 1.57 bits per heavy atom. The Kier molecular flexibility index (Phi) is 7.76. The first-order chi connectivity index (χ1) is 11.0. The minimum absolute atomic E-state index is 0.0215. The Morgan fingerprint density at radius 3 is 2.09 bits per heavy atom. The molecule has 0 spiro atoms. The molecule has 7 heteroatoms. The summed E-state index contributed by atoms with van der Waals surface area (Å²) < 4.78 is 0. The molecule has 0 saturated heterocycles. The van der Waals surface area contributed by atoms with Crippen LogP contribution in [0.25, 0.3) is 0 Å². The summed E-state index contributed by atoms with van der Waals surface area (Å²) in [6, 6.07) is 6.80. The maximum atomic E-state index is 12.2. The number of benzene rings is 1. The molecule has 0 radical (unpaired) electrons. The monoisotopic (exact) mass is 321 g/mol. The first-order valence-electron chi connectivity index (χ1n) is 7.73. The van der Waals surface area contributed by atoms with Gasteiger partial charge in [-0.3, -0.25) is 14.4 Å². The molecule has 0 atom stereocenters. The Bertz CT molecular complexity index is 539. The van der Waals surface area contributed by atoms with E-state index in [1.54, 1.807) is 41.5 Å². The van der Waals surface area contributed by atoms with Crippen LogP contribution >= 0.6 is 0 Å². The molecule has 0 aliphatic rings. The highest BCUT2D eigenvalue weighted by atomic mass is 16.2. The Labute approximate surface area is 136 Å². The molecular formula is C16H25N4O3+. The van der Waals surface area contributed by atoms with Crippen LogP contribution in [0.15, 0.2) is 24.3 Å². The van der Waals surface area contributed by atoms with E-state index in [0.717, 1.165) is 0 Å². The van der Waals surface area contributed by atoms with Crippen molar-refractivity contribution in [3.63, 3.8) is 0 Å². The summed E-state index contributed by atoms with van der Waals surface area (Å²) in [4.78, 5) is 36.7. The fraction of sp³-hybridized carbons (Fsp3) is 0.438. The number of carbonyl (C=O) groups is 3. The fourth-order valence-electron chi connectivity index (χ4n) is 2.04. The number of likely N-dealkylation sites (N-methyl/N-ethyl adjacent to an activating group) is 1. The zero-order valence-electron chi connectivity index (χ0n) is 13.9. The third kappa shape index (κ3) is 6.07. The van der Waals surface area contributed by atoms with E-state index >= 15 is 0 Å². The molecule has 0 fully saturated rings. The van der Waals surface area contributed by atoms with Gasteiger partial charge in [-0.05, 0) is 38.1 Å². The lowest BCUT2D eigenvalue weighted by Crippen LogP contribution is -2.88. The molecule has 0 unspecified atom stereocenters. The van der Waals surface area contributed by atoms with E-state index in [-0.39, 0.29) is 30.8 Å². The van der Waals surface area contributed by atoms with Crippen molar-refractivity contribution in [1.82, 2.24) is 10.2 Å². The van der Waals surface area contributed by atoms with Crippen molar-refractivity contribution in [2.24, 2.45) is 0 Å². The highest BCUT2D eigenvalue weighted by molar-refractivity contribution is 5.96. The molecular weight excluding hydrogens is 296 g/mol. The summed E-state index contributed by atoms with van der Waals surface area (Å²) in [5, 5.41) is 6.83. The van der Waals surface area contributed by atoms with Crippen molar-refractivity contribution in [3.8, 4) is 0 Å². The molecule has 126 valence electrons. The molecule has 0 heterocycles. The molecule has 0 bridgehead atoms. The molecule has 7 nitrogen and oxygen atoms in total. The summed E-state index contributed by atoms with van der Waals surface area (Å²) in [6.07, 6.45) is 0. The van der Waals surface area contributed by atoms with Gasteiger partial charge in [-0.15, -0.1) is 0 Å². The average molecular weight is 321 g/mol. The summed E-state index contributed by atoms with van der Waals surface area (Å²) >= 11 is 0.